The highest BCUT2D eigenvalue weighted by atomic mass is 79.9. The Bertz CT molecular complexity index is 484. The first-order chi connectivity index (χ1) is 8.29. The maximum atomic E-state index is 5.20. The van der Waals surface area contributed by atoms with Crippen LogP contribution in [0.2, 0.25) is 0 Å². The van der Waals surface area contributed by atoms with Crippen molar-refractivity contribution in [2.24, 2.45) is 0 Å². The highest BCUT2D eigenvalue weighted by molar-refractivity contribution is 9.10. The summed E-state index contributed by atoms with van der Waals surface area (Å²) in [6.45, 7) is 0.953. The van der Waals surface area contributed by atoms with Gasteiger partial charge in [-0.05, 0) is 32.1 Å². The van der Waals surface area contributed by atoms with E-state index < -0.39 is 0 Å². The minimum atomic E-state index is 0.644. The molecule has 0 aliphatic carbocycles. The van der Waals surface area contributed by atoms with E-state index in [4.69, 9.17) is 4.52 Å². The summed E-state index contributed by atoms with van der Waals surface area (Å²) >= 11 is 3.42. The zero-order valence-electron chi connectivity index (χ0n) is 9.61. The molecular formula is C12H14BrN3O. The fraction of sp³-hybridized carbons (Fsp3) is 0.333. The molecule has 0 saturated carbocycles. The Morgan fingerprint density at radius 3 is 3.06 bits per heavy atom. The Balaban J connectivity index is 2.07. The Labute approximate surface area is 109 Å². The number of benzene rings is 1. The van der Waals surface area contributed by atoms with E-state index in [1.807, 2.05) is 31.3 Å². The zero-order valence-corrected chi connectivity index (χ0v) is 11.2. The van der Waals surface area contributed by atoms with Crippen LogP contribution in [0.15, 0.2) is 33.3 Å². The summed E-state index contributed by atoms with van der Waals surface area (Å²) in [5.41, 5.74) is 0.961. The molecule has 1 N–H and O–H groups in total. The van der Waals surface area contributed by atoms with E-state index in [-0.39, 0.29) is 0 Å². The maximum Gasteiger partial charge on any atom is 0.227 e. The molecule has 5 heteroatoms. The lowest BCUT2D eigenvalue weighted by Crippen LogP contribution is -2.08. The van der Waals surface area contributed by atoms with Crippen LogP contribution in [0, 0.1) is 0 Å². The van der Waals surface area contributed by atoms with Crippen LogP contribution < -0.4 is 5.32 Å². The summed E-state index contributed by atoms with van der Waals surface area (Å²) in [6.07, 6.45) is 1.80. The summed E-state index contributed by atoms with van der Waals surface area (Å²) in [4.78, 5) is 4.37. The largest absolute Gasteiger partial charge is 0.339 e. The van der Waals surface area contributed by atoms with Crippen LogP contribution in [0.5, 0.6) is 0 Å². The molecule has 0 radical (unpaired) electrons. The van der Waals surface area contributed by atoms with Crippen LogP contribution >= 0.6 is 15.9 Å². The summed E-state index contributed by atoms with van der Waals surface area (Å²) in [7, 11) is 1.93. The van der Waals surface area contributed by atoms with E-state index in [0.717, 1.165) is 29.4 Å². The molecule has 0 atom stereocenters. The van der Waals surface area contributed by atoms with Gasteiger partial charge in [0.2, 0.25) is 11.7 Å². The van der Waals surface area contributed by atoms with Gasteiger partial charge in [-0.1, -0.05) is 33.2 Å². The SMILES string of the molecule is CNCCCc1nc(-c2cccc(Br)c2)no1. The van der Waals surface area contributed by atoms with Gasteiger partial charge in [0.25, 0.3) is 0 Å². The molecule has 4 nitrogen and oxygen atoms in total. The average Bonchev–Trinajstić information content (AvgIpc) is 2.78. The van der Waals surface area contributed by atoms with Gasteiger partial charge in [-0.15, -0.1) is 0 Å². The van der Waals surface area contributed by atoms with Crippen molar-refractivity contribution >= 4 is 15.9 Å². The van der Waals surface area contributed by atoms with Crippen molar-refractivity contribution < 1.29 is 4.52 Å². The maximum absolute atomic E-state index is 5.20. The second-order valence-corrected chi connectivity index (χ2v) is 4.64. The molecule has 0 bridgehead atoms. The molecule has 2 aromatic rings. The number of hydrogen-bond acceptors (Lipinski definition) is 4. The third-order valence-corrected chi connectivity index (χ3v) is 2.86. The normalized spacial score (nSPS) is 10.7. The van der Waals surface area contributed by atoms with E-state index in [1.54, 1.807) is 0 Å². The standard InChI is InChI=1S/C12H14BrN3O/c1-14-7-3-6-11-15-12(16-17-11)9-4-2-5-10(13)8-9/h2,4-5,8,14H,3,6-7H2,1H3. The molecule has 0 unspecified atom stereocenters. The predicted molar refractivity (Wildman–Crippen MR) is 69.7 cm³/mol. The molecule has 0 aliphatic rings. The van der Waals surface area contributed by atoms with Crippen molar-refractivity contribution in [3.05, 3.63) is 34.6 Å². The molecule has 17 heavy (non-hydrogen) atoms. The number of nitrogens with zero attached hydrogens (tertiary/aromatic N) is 2. The molecule has 0 fully saturated rings. The minimum Gasteiger partial charge on any atom is -0.339 e. The third-order valence-electron chi connectivity index (χ3n) is 2.37. The zero-order chi connectivity index (χ0) is 12.1. The minimum absolute atomic E-state index is 0.644. The summed E-state index contributed by atoms with van der Waals surface area (Å²) in [5, 5.41) is 7.07. The number of aromatic nitrogens is 2. The van der Waals surface area contributed by atoms with Crippen molar-refractivity contribution in [2.75, 3.05) is 13.6 Å². The molecular weight excluding hydrogens is 282 g/mol. The summed E-state index contributed by atoms with van der Waals surface area (Å²) < 4.78 is 6.21. The fourth-order valence-corrected chi connectivity index (χ4v) is 1.92. The number of nitrogens with one attached hydrogen (secondary N) is 1. The lowest BCUT2D eigenvalue weighted by Gasteiger charge is -1.95. The van der Waals surface area contributed by atoms with Crippen molar-refractivity contribution in [1.82, 2.24) is 15.5 Å². The first-order valence-electron chi connectivity index (χ1n) is 5.52. The van der Waals surface area contributed by atoms with Crippen LogP contribution in [0.4, 0.5) is 0 Å². The Kier molecular flexibility index (Phi) is 4.28. The molecule has 2 rings (SSSR count). The second-order valence-electron chi connectivity index (χ2n) is 3.73. The third kappa shape index (κ3) is 3.38. The molecule has 90 valence electrons. The quantitative estimate of drug-likeness (QED) is 0.862. The van der Waals surface area contributed by atoms with Gasteiger partial charge in [-0.2, -0.15) is 4.98 Å². The first-order valence-corrected chi connectivity index (χ1v) is 6.32. The van der Waals surface area contributed by atoms with Crippen LogP contribution in [0.25, 0.3) is 11.4 Å². The Hall–Kier alpha value is -1.20. The number of halogens is 1. The van der Waals surface area contributed by atoms with Crippen LogP contribution in [-0.2, 0) is 6.42 Å². The average molecular weight is 296 g/mol. The smallest absolute Gasteiger partial charge is 0.227 e. The Morgan fingerprint density at radius 2 is 2.29 bits per heavy atom. The van der Waals surface area contributed by atoms with Gasteiger partial charge in [0.05, 0.1) is 0 Å². The summed E-state index contributed by atoms with van der Waals surface area (Å²) in [5.74, 6) is 1.33. The fourth-order valence-electron chi connectivity index (χ4n) is 1.52. The van der Waals surface area contributed by atoms with E-state index in [2.05, 4.69) is 31.4 Å². The van der Waals surface area contributed by atoms with Gasteiger partial charge in [-0.25, -0.2) is 0 Å². The molecule has 0 spiro atoms. The van der Waals surface area contributed by atoms with E-state index in [0.29, 0.717) is 11.7 Å². The molecule has 0 amide bonds. The van der Waals surface area contributed by atoms with Gasteiger partial charge >= 0.3 is 0 Å². The van der Waals surface area contributed by atoms with Gasteiger partial charge in [0.1, 0.15) is 0 Å². The lowest BCUT2D eigenvalue weighted by molar-refractivity contribution is 0.375. The topological polar surface area (TPSA) is 51.0 Å². The Morgan fingerprint density at radius 1 is 1.41 bits per heavy atom. The molecule has 1 heterocycles. The van der Waals surface area contributed by atoms with Gasteiger partial charge in [0.15, 0.2) is 0 Å². The van der Waals surface area contributed by atoms with Crippen molar-refractivity contribution in [2.45, 2.75) is 12.8 Å². The van der Waals surface area contributed by atoms with Crippen molar-refractivity contribution in [3.63, 3.8) is 0 Å². The van der Waals surface area contributed by atoms with E-state index in [9.17, 15) is 0 Å². The van der Waals surface area contributed by atoms with Crippen molar-refractivity contribution in [3.8, 4) is 11.4 Å². The first kappa shape index (κ1) is 12.3. The van der Waals surface area contributed by atoms with Gasteiger partial charge in [-0.3, -0.25) is 0 Å². The number of rotatable bonds is 5. The van der Waals surface area contributed by atoms with E-state index >= 15 is 0 Å². The van der Waals surface area contributed by atoms with Gasteiger partial charge < -0.3 is 9.84 Å². The van der Waals surface area contributed by atoms with Crippen LogP contribution in [0.3, 0.4) is 0 Å². The molecule has 1 aromatic carbocycles. The number of aryl methyl sites for hydroxylation is 1. The highest BCUT2D eigenvalue weighted by Crippen LogP contribution is 2.20. The molecule has 0 aliphatic heterocycles. The lowest BCUT2D eigenvalue weighted by atomic mass is 10.2. The molecule has 0 saturated heterocycles. The van der Waals surface area contributed by atoms with Crippen LogP contribution in [0.1, 0.15) is 12.3 Å². The molecule has 1 aromatic heterocycles. The highest BCUT2D eigenvalue weighted by Gasteiger charge is 2.08. The van der Waals surface area contributed by atoms with Gasteiger partial charge in [0, 0.05) is 16.5 Å². The van der Waals surface area contributed by atoms with Crippen molar-refractivity contribution in [1.29, 1.82) is 0 Å². The van der Waals surface area contributed by atoms with E-state index in [1.165, 1.54) is 0 Å². The monoisotopic (exact) mass is 295 g/mol. The van der Waals surface area contributed by atoms with Crippen LogP contribution in [-0.4, -0.2) is 23.7 Å². The number of hydrogen-bond donors (Lipinski definition) is 1. The predicted octanol–water partition coefficient (Wildman–Crippen LogP) is 2.65. The summed E-state index contributed by atoms with van der Waals surface area (Å²) in [6, 6.07) is 7.86. The second kappa shape index (κ2) is 5.93.